The third-order valence-corrected chi connectivity index (χ3v) is 6.50. The van der Waals surface area contributed by atoms with Crippen LogP contribution in [0.5, 0.6) is 0 Å². The Morgan fingerprint density at radius 2 is 1.72 bits per heavy atom. The van der Waals surface area contributed by atoms with E-state index in [0.29, 0.717) is 28.5 Å². The lowest BCUT2D eigenvalue weighted by atomic mass is 10.2. The first-order valence-electron chi connectivity index (χ1n) is 10.7. The molecule has 1 heterocycles. The lowest BCUT2D eigenvalue weighted by molar-refractivity contribution is -0.137. The van der Waals surface area contributed by atoms with Crippen LogP contribution in [0.25, 0.3) is 17.1 Å². The summed E-state index contributed by atoms with van der Waals surface area (Å²) in [7, 11) is 0. The van der Waals surface area contributed by atoms with Crippen molar-refractivity contribution in [1.82, 2.24) is 15.0 Å². The summed E-state index contributed by atoms with van der Waals surface area (Å²) in [6.45, 7) is 1.89. The van der Waals surface area contributed by atoms with E-state index in [1.807, 2.05) is 41.8 Å². The number of benzene rings is 3. The van der Waals surface area contributed by atoms with Gasteiger partial charge in [0.25, 0.3) is 5.91 Å². The van der Waals surface area contributed by atoms with Crippen molar-refractivity contribution in [3.05, 3.63) is 98.2 Å². The van der Waals surface area contributed by atoms with Gasteiger partial charge in [-0.25, -0.2) is 4.98 Å². The van der Waals surface area contributed by atoms with Gasteiger partial charge in [-0.15, -0.1) is 0 Å². The molecule has 0 aliphatic carbocycles. The normalized spacial score (nSPS) is 11.4. The van der Waals surface area contributed by atoms with Crippen LogP contribution in [-0.2, 0) is 12.6 Å². The first kappa shape index (κ1) is 26.1. The number of carbonyl (C=O) groups is 1. The van der Waals surface area contributed by atoms with Crippen molar-refractivity contribution in [2.45, 2.75) is 19.5 Å². The van der Waals surface area contributed by atoms with Crippen LogP contribution in [0, 0.1) is 0 Å². The predicted molar refractivity (Wildman–Crippen MR) is 139 cm³/mol. The highest BCUT2D eigenvalue weighted by Crippen LogP contribution is 2.34. The van der Waals surface area contributed by atoms with Crippen LogP contribution in [-0.4, -0.2) is 15.5 Å². The molecule has 0 spiro atoms. The van der Waals surface area contributed by atoms with Crippen LogP contribution in [0.3, 0.4) is 0 Å². The quantitative estimate of drug-likeness (QED) is 0.222. The molecule has 2 N–H and O–H groups in total. The number of nitrogens with zero attached hydrogens (tertiary/aromatic N) is 2. The molecule has 0 aliphatic rings. The van der Waals surface area contributed by atoms with Crippen LogP contribution in [0.1, 0.15) is 28.7 Å². The Balaban J connectivity index is 1.72. The molecule has 1 amide bonds. The molecule has 0 atom stereocenters. The highest BCUT2D eigenvalue weighted by molar-refractivity contribution is 9.10. The van der Waals surface area contributed by atoms with Crippen molar-refractivity contribution in [3.8, 4) is 17.1 Å². The molecule has 0 bridgehead atoms. The Morgan fingerprint density at radius 1 is 1.03 bits per heavy atom. The van der Waals surface area contributed by atoms with E-state index in [-0.39, 0.29) is 16.4 Å². The van der Waals surface area contributed by atoms with Crippen LogP contribution in [0.2, 0.25) is 10.0 Å². The van der Waals surface area contributed by atoms with Crippen molar-refractivity contribution >= 4 is 50.7 Å². The summed E-state index contributed by atoms with van der Waals surface area (Å²) in [6, 6.07) is 17.5. The summed E-state index contributed by atoms with van der Waals surface area (Å²) >= 11 is 15.9. The number of halogens is 6. The molecule has 186 valence electrons. The molecule has 0 radical (unpaired) electrons. The Kier molecular flexibility index (Phi) is 7.63. The van der Waals surface area contributed by atoms with Gasteiger partial charge in [-0.05, 0) is 61.0 Å². The SMILES string of the molecule is CCc1c(C(=O)NNc2ccc(C(F)(F)F)cc2Cl)nc(-c2ccccc2Cl)n1-c1ccc(Br)cc1. The molecule has 0 unspecified atom stereocenters. The van der Waals surface area contributed by atoms with Crippen molar-refractivity contribution in [1.29, 1.82) is 0 Å². The average molecular weight is 598 g/mol. The molecule has 11 heteroatoms. The summed E-state index contributed by atoms with van der Waals surface area (Å²) < 4.78 is 41.5. The third-order valence-electron chi connectivity index (χ3n) is 5.33. The summed E-state index contributed by atoms with van der Waals surface area (Å²) in [5.41, 5.74) is 6.44. The third kappa shape index (κ3) is 5.38. The minimum absolute atomic E-state index is 0.106. The lowest BCUT2D eigenvalue weighted by Gasteiger charge is -2.14. The van der Waals surface area contributed by atoms with Gasteiger partial charge in [0.1, 0.15) is 5.82 Å². The molecular formula is C25H18BrCl2F3N4O. The molecule has 0 saturated carbocycles. The van der Waals surface area contributed by atoms with Gasteiger partial charge in [0.15, 0.2) is 5.69 Å². The van der Waals surface area contributed by atoms with E-state index >= 15 is 0 Å². The minimum atomic E-state index is -4.53. The number of rotatable bonds is 6. The number of imidazole rings is 1. The van der Waals surface area contributed by atoms with Gasteiger partial charge >= 0.3 is 6.18 Å². The van der Waals surface area contributed by atoms with Crippen molar-refractivity contribution in [2.24, 2.45) is 0 Å². The van der Waals surface area contributed by atoms with Gasteiger partial charge < -0.3 is 0 Å². The van der Waals surface area contributed by atoms with Crippen LogP contribution >= 0.6 is 39.1 Å². The molecule has 0 aliphatic heterocycles. The second kappa shape index (κ2) is 10.5. The molecule has 5 nitrogen and oxygen atoms in total. The van der Waals surface area contributed by atoms with Crippen molar-refractivity contribution in [3.63, 3.8) is 0 Å². The van der Waals surface area contributed by atoms with Gasteiger partial charge in [0.2, 0.25) is 0 Å². The number of hydrogen-bond donors (Lipinski definition) is 2. The fraction of sp³-hybridized carbons (Fsp3) is 0.120. The zero-order valence-electron chi connectivity index (χ0n) is 18.6. The summed E-state index contributed by atoms with van der Waals surface area (Å²) in [6.07, 6.45) is -4.08. The Labute approximate surface area is 223 Å². The van der Waals surface area contributed by atoms with E-state index in [1.165, 1.54) is 0 Å². The highest BCUT2D eigenvalue weighted by atomic mass is 79.9. The van der Waals surface area contributed by atoms with Crippen LogP contribution in [0.15, 0.2) is 71.2 Å². The zero-order valence-corrected chi connectivity index (χ0v) is 21.7. The maximum atomic E-state index is 13.2. The molecule has 0 saturated heterocycles. The Bertz CT molecular complexity index is 1420. The summed E-state index contributed by atoms with van der Waals surface area (Å²) in [4.78, 5) is 17.8. The number of aromatic nitrogens is 2. The molecular weight excluding hydrogens is 580 g/mol. The maximum absolute atomic E-state index is 13.2. The maximum Gasteiger partial charge on any atom is 0.416 e. The minimum Gasteiger partial charge on any atom is -0.297 e. The predicted octanol–water partition coefficient (Wildman–Crippen LogP) is 7.95. The zero-order chi connectivity index (χ0) is 26.0. The van der Waals surface area contributed by atoms with E-state index in [2.05, 4.69) is 31.8 Å². The molecule has 1 aromatic heterocycles. The first-order valence-corrected chi connectivity index (χ1v) is 12.2. The number of anilines is 1. The molecule has 4 rings (SSSR count). The molecule has 36 heavy (non-hydrogen) atoms. The number of alkyl halides is 3. The Morgan fingerprint density at radius 3 is 2.33 bits per heavy atom. The molecule has 4 aromatic rings. The number of nitrogens with one attached hydrogen (secondary N) is 2. The molecule has 3 aromatic carbocycles. The van der Waals surface area contributed by atoms with E-state index in [9.17, 15) is 18.0 Å². The molecule has 0 fully saturated rings. The first-order chi connectivity index (χ1) is 17.1. The number of hydrazine groups is 1. The standard InChI is InChI=1S/C25H18BrCl2F3N4O/c1-2-21-22(24(36)34-33-20-12-7-14(13-19(20)28)25(29,30)31)32-23(17-5-3-4-6-18(17)27)35(21)16-10-8-15(26)9-11-16/h3-13,33H,2H2,1H3,(H,34,36). The second-order valence-corrected chi connectivity index (χ2v) is 9.38. The van der Waals surface area contributed by atoms with E-state index in [4.69, 9.17) is 23.2 Å². The average Bonchev–Trinajstić information content (AvgIpc) is 3.22. The largest absolute Gasteiger partial charge is 0.416 e. The fourth-order valence-electron chi connectivity index (χ4n) is 3.63. The lowest BCUT2D eigenvalue weighted by Crippen LogP contribution is -2.30. The van der Waals surface area contributed by atoms with Crippen molar-refractivity contribution < 1.29 is 18.0 Å². The smallest absolute Gasteiger partial charge is 0.297 e. The second-order valence-electron chi connectivity index (χ2n) is 7.65. The fourth-order valence-corrected chi connectivity index (χ4v) is 4.34. The highest BCUT2D eigenvalue weighted by Gasteiger charge is 2.31. The summed E-state index contributed by atoms with van der Waals surface area (Å²) in [5, 5.41) is 0.267. The monoisotopic (exact) mass is 596 g/mol. The topological polar surface area (TPSA) is 59.0 Å². The summed E-state index contributed by atoms with van der Waals surface area (Å²) in [5.74, 6) is -0.121. The van der Waals surface area contributed by atoms with E-state index < -0.39 is 17.6 Å². The van der Waals surface area contributed by atoms with E-state index in [1.54, 1.807) is 18.2 Å². The van der Waals surface area contributed by atoms with Crippen molar-refractivity contribution in [2.75, 3.05) is 5.43 Å². The van der Waals surface area contributed by atoms with Crippen LogP contribution in [0.4, 0.5) is 18.9 Å². The van der Waals surface area contributed by atoms with Gasteiger partial charge in [0.05, 0.1) is 27.0 Å². The number of carbonyl (C=O) groups excluding carboxylic acids is 1. The van der Waals surface area contributed by atoms with Gasteiger partial charge in [-0.1, -0.05) is 58.2 Å². The number of amides is 1. The van der Waals surface area contributed by atoms with E-state index in [0.717, 1.165) is 28.4 Å². The Hall–Kier alpha value is -3.01. The number of hydrogen-bond acceptors (Lipinski definition) is 3. The van der Waals surface area contributed by atoms with Gasteiger partial charge in [0, 0.05) is 15.7 Å². The van der Waals surface area contributed by atoms with Gasteiger partial charge in [-0.3, -0.25) is 20.2 Å². The van der Waals surface area contributed by atoms with Crippen LogP contribution < -0.4 is 10.9 Å². The van der Waals surface area contributed by atoms with Gasteiger partial charge in [-0.2, -0.15) is 13.2 Å².